The summed E-state index contributed by atoms with van der Waals surface area (Å²) in [6.07, 6.45) is -1.05. The van der Waals surface area contributed by atoms with Gasteiger partial charge in [-0.05, 0) is 65.1 Å². The second-order valence-electron chi connectivity index (χ2n) is 18.1. The molecule has 3 aromatic carbocycles. The Labute approximate surface area is 456 Å². The number of carbonyl (C=O) groups is 6. The third-order valence-electron chi connectivity index (χ3n) is 12.0. The largest absolute Gasteiger partial charge is 0.449 e. The summed E-state index contributed by atoms with van der Waals surface area (Å²) in [6.45, 7) is 9.47. The van der Waals surface area contributed by atoms with Gasteiger partial charge in [-0.25, -0.2) is 14.4 Å². The van der Waals surface area contributed by atoms with E-state index < -0.39 is 59.9 Å². The van der Waals surface area contributed by atoms with Crippen molar-refractivity contribution in [1.82, 2.24) is 26.6 Å². The Kier molecular flexibility index (Phi) is 31.6. The van der Waals surface area contributed by atoms with Crippen molar-refractivity contribution < 1.29 is 81.2 Å². The quantitative estimate of drug-likeness (QED) is 0.0244. The van der Waals surface area contributed by atoms with Gasteiger partial charge in [-0.3, -0.25) is 14.4 Å². The van der Waals surface area contributed by atoms with Crippen LogP contribution in [0.2, 0.25) is 0 Å². The number of primary amides is 1. The summed E-state index contributed by atoms with van der Waals surface area (Å²) >= 11 is 0. The molecule has 0 saturated carbocycles. The van der Waals surface area contributed by atoms with Crippen molar-refractivity contribution in [3.8, 4) is 16.9 Å². The van der Waals surface area contributed by atoms with E-state index in [9.17, 15) is 33.9 Å². The highest BCUT2D eigenvalue weighted by molar-refractivity contribution is 5.92. The van der Waals surface area contributed by atoms with E-state index >= 15 is 0 Å². The van der Waals surface area contributed by atoms with E-state index in [-0.39, 0.29) is 83.5 Å². The standard InChI is InChI=1S/C55H80N6O17/c1-39(2)50(52(65)59-48(13-8-20-58-54(56)67)53(66)78-41-16-14-40(37-62)15-17-41)61-49(63)19-18-47(60-55(68)77-38-46-44-11-6-4-9-42(44)43-10-5-7-12-45(43)46)51(64)57-21-22-70-25-26-72-29-30-74-33-34-76-36-35-75-32-31-73-28-27-71-24-23-69-3/h4-7,9-12,14-17,39,46-48,50,62H,8,13,18-38H2,1-3H3,(H,57,64)(H,59,65)(H,60,68)(H,61,63)(H3,56,58,67)/t47-,48-,50-/m0/s1. The molecule has 6 amide bonds. The van der Waals surface area contributed by atoms with Crippen LogP contribution in [0.4, 0.5) is 9.59 Å². The summed E-state index contributed by atoms with van der Waals surface area (Å²) in [5.41, 5.74) is 9.90. The number of urea groups is 1. The molecule has 0 radical (unpaired) electrons. The van der Waals surface area contributed by atoms with Crippen molar-refractivity contribution in [1.29, 1.82) is 0 Å². The molecule has 23 nitrogen and oxygen atoms in total. The number of carbonyl (C=O) groups excluding carboxylic acids is 6. The third-order valence-corrected chi connectivity index (χ3v) is 12.0. The van der Waals surface area contributed by atoms with E-state index in [1.54, 1.807) is 33.1 Å². The number of methoxy groups -OCH3 is 1. The van der Waals surface area contributed by atoms with Gasteiger partial charge < -0.3 is 84.8 Å². The molecule has 3 aromatic rings. The zero-order valence-electron chi connectivity index (χ0n) is 45.1. The Hall–Kier alpha value is -6.28. The van der Waals surface area contributed by atoms with Crippen molar-refractivity contribution in [2.45, 2.75) is 70.2 Å². The first-order chi connectivity index (χ1) is 37.9. The first-order valence-electron chi connectivity index (χ1n) is 26.4. The fraction of sp³-hybridized carbons (Fsp3) is 0.564. The highest BCUT2D eigenvalue weighted by Crippen LogP contribution is 2.44. The summed E-state index contributed by atoms with van der Waals surface area (Å²) in [5, 5.41) is 22.6. The fourth-order valence-corrected chi connectivity index (χ4v) is 7.92. The summed E-state index contributed by atoms with van der Waals surface area (Å²) in [4.78, 5) is 79.1. The monoisotopic (exact) mass is 1100 g/mol. The number of fused-ring (bicyclic) bond motifs is 3. The maximum absolute atomic E-state index is 13.8. The Bertz CT molecular complexity index is 2190. The van der Waals surface area contributed by atoms with Gasteiger partial charge in [0.25, 0.3) is 0 Å². The second kappa shape index (κ2) is 38.3. The number of aliphatic hydroxyl groups excluding tert-OH is 1. The molecule has 0 bridgehead atoms. The van der Waals surface area contributed by atoms with E-state index in [2.05, 4.69) is 26.6 Å². The number of ether oxygens (including phenoxy) is 10. The van der Waals surface area contributed by atoms with Crippen LogP contribution in [0.3, 0.4) is 0 Å². The lowest BCUT2D eigenvalue weighted by molar-refractivity contribution is -0.140. The van der Waals surface area contributed by atoms with Crippen LogP contribution in [0.15, 0.2) is 72.8 Å². The van der Waals surface area contributed by atoms with Gasteiger partial charge >= 0.3 is 18.1 Å². The van der Waals surface area contributed by atoms with Crippen LogP contribution >= 0.6 is 0 Å². The molecule has 432 valence electrons. The van der Waals surface area contributed by atoms with Crippen LogP contribution in [0.5, 0.6) is 5.75 Å². The normalized spacial score (nSPS) is 12.9. The lowest BCUT2D eigenvalue weighted by Gasteiger charge is -2.25. The topological polar surface area (TPSA) is 301 Å². The SMILES string of the molecule is COCCOCCOCCOCCOCCOCCOCCOCCNC(=O)[C@H](CCC(=O)N[C@H](C(=O)N[C@@H](CCCNC(N)=O)C(=O)Oc1ccc(CO)cc1)C(C)C)NC(=O)OCC1c2ccccc2-c2ccccc21. The van der Waals surface area contributed by atoms with Gasteiger partial charge in [0, 0.05) is 32.5 Å². The average molecular weight is 1100 g/mol. The van der Waals surface area contributed by atoms with Gasteiger partial charge in [0.05, 0.1) is 106 Å². The van der Waals surface area contributed by atoms with Crippen LogP contribution in [-0.4, -0.2) is 185 Å². The van der Waals surface area contributed by atoms with Gasteiger partial charge in [-0.2, -0.15) is 0 Å². The van der Waals surface area contributed by atoms with Crippen LogP contribution in [-0.2, 0) is 68.4 Å². The number of alkyl carbamates (subject to hydrolysis) is 1. The summed E-state index contributed by atoms with van der Waals surface area (Å²) in [6, 6.07) is 17.6. The van der Waals surface area contributed by atoms with E-state index in [1.165, 1.54) is 12.1 Å². The van der Waals surface area contributed by atoms with Crippen molar-refractivity contribution in [2.75, 3.05) is 126 Å². The molecule has 4 rings (SSSR count). The minimum Gasteiger partial charge on any atom is -0.449 e. The third kappa shape index (κ3) is 25.0. The number of hydrogen-bond donors (Lipinski definition) is 7. The number of nitrogens with one attached hydrogen (secondary N) is 5. The van der Waals surface area contributed by atoms with Crippen molar-refractivity contribution in [3.63, 3.8) is 0 Å². The fourth-order valence-electron chi connectivity index (χ4n) is 7.92. The maximum atomic E-state index is 13.8. The molecule has 0 aliphatic heterocycles. The Balaban J connectivity index is 1.22. The summed E-state index contributed by atoms with van der Waals surface area (Å²) in [5.74, 6) is -3.21. The number of esters is 1. The molecule has 0 fully saturated rings. The van der Waals surface area contributed by atoms with Crippen LogP contribution in [0.25, 0.3) is 11.1 Å². The smallest absolute Gasteiger partial charge is 0.407 e. The zero-order valence-corrected chi connectivity index (χ0v) is 45.1. The van der Waals surface area contributed by atoms with E-state index in [0.717, 1.165) is 22.3 Å². The number of aliphatic hydroxyl groups is 1. The molecule has 23 heteroatoms. The van der Waals surface area contributed by atoms with Gasteiger partial charge in [0.1, 0.15) is 30.5 Å². The molecular formula is C55H80N6O17. The van der Waals surface area contributed by atoms with Crippen LogP contribution in [0.1, 0.15) is 62.1 Å². The van der Waals surface area contributed by atoms with Crippen molar-refractivity contribution >= 4 is 35.8 Å². The molecule has 0 unspecified atom stereocenters. The molecule has 0 spiro atoms. The first kappa shape index (κ1) is 64.2. The molecule has 0 saturated heterocycles. The second-order valence-corrected chi connectivity index (χ2v) is 18.1. The molecule has 78 heavy (non-hydrogen) atoms. The molecule has 1 aliphatic carbocycles. The molecule has 3 atom stereocenters. The van der Waals surface area contributed by atoms with Gasteiger partial charge in [-0.1, -0.05) is 74.5 Å². The molecule has 0 aromatic heterocycles. The number of amides is 6. The highest BCUT2D eigenvalue weighted by atomic mass is 16.6. The van der Waals surface area contributed by atoms with Gasteiger partial charge in [0.15, 0.2) is 0 Å². The summed E-state index contributed by atoms with van der Waals surface area (Å²) < 4.78 is 54.6. The zero-order chi connectivity index (χ0) is 56.2. The van der Waals surface area contributed by atoms with E-state index in [1.807, 2.05) is 48.5 Å². The predicted molar refractivity (Wildman–Crippen MR) is 285 cm³/mol. The van der Waals surface area contributed by atoms with Crippen LogP contribution < -0.4 is 37.1 Å². The van der Waals surface area contributed by atoms with E-state index in [0.29, 0.717) is 84.8 Å². The Morgan fingerprint density at radius 2 is 1.09 bits per heavy atom. The van der Waals surface area contributed by atoms with Gasteiger partial charge in [-0.15, -0.1) is 0 Å². The molecule has 8 N–H and O–H groups in total. The lowest BCUT2D eigenvalue weighted by atomic mass is 9.98. The summed E-state index contributed by atoms with van der Waals surface area (Å²) in [7, 11) is 1.62. The molecule has 0 heterocycles. The minimum absolute atomic E-state index is 0.00997. The maximum Gasteiger partial charge on any atom is 0.407 e. The lowest BCUT2D eigenvalue weighted by Crippen LogP contribution is -2.54. The van der Waals surface area contributed by atoms with E-state index in [4.69, 9.17) is 53.1 Å². The van der Waals surface area contributed by atoms with Crippen LogP contribution in [0, 0.1) is 5.92 Å². The average Bonchev–Trinajstić information content (AvgIpc) is 3.83. The number of benzene rings is 3. The number of rotatable bonds is 42. The predicted octanol–water partition coefficient (Wildman–Crippen LogP) is 2.72. The van der Waals surface area contributed by atoms with Gasteiger partial charge in [0.2, 0.25) is 17.7 Å². The Morgan fingerprint density at radius 1 is 0.577 bits per heavy atom. The molecular weight excluding hydrogens is 1020 g/mol. The van der Waals surface area contributed by atoms with Crippen molar-refractivity contribution in [3.05, 3.63) is 89.5 Å². The molecule has 1 aliphatic rings. The first-order valence-corrected chi connectivity index (χ1v) is 26.4. The highest BCUT2D eigenvalue weighted by Gasteiger charge is 2.32. The number of nitrogens with two attached hydrogens (primary N) is 1. The number of hydrogen-bond acceptors (Lipinski definition) is 17. The Morgan fingerprint density at radius 3 is 1.59 bits per heavy atom. The minimum atomic E-state index is -1.23. The van der Waals surface area contributed by atoms with Crippen molar-refractivity contribution in [2.24, 2.45) is 11.7 Å².